The van der Waals surface area contributed by atoms with Crippen LogP contribution in [0.3, 0.4) is 0 Å². The fourth-order valence-corrected chi connectivity index (χ4v) is 3.27. The maximum atomic E-state index is 13.7. The molecular formula is C22H18F2N4O3. The van der Waals surface area contributed by atoms with E-state index in [4.69, 9.17) is 4.74 Å². The highest BCUT2D eigenvalue weighted by atomic mass is 19.2. The third-order valence-corrected chi connectivity index (χ3v) is 4.89. The molecule has 0 atom stereocenters. The molecule has 9 heteroatoms. The van der Waals surface area contributed by atoms with E-state index >= 15 is 0 Å². The van der Waals surface area contributed by atoms with E-state index in [-0.39, 0.29) is 23.8 Å². The molecule has 0 unspecified atom stereocenters. The Kier molecular flexibility index (Phi) is 5.24. The monoisotopic (exact) mass is 424 g/mol. The molecule has 0 amide bonds. The molecule has 158 valence electrons. The highest BCUT2D eigenvalue weighted by Gasteiger charge is 2.13. The Balaban J connectivity index is 1.81. The Bertz CT molecular complexity index is 1410. The van der Waals surface area contributed by atoms with Crippen LogP contribution < -0.4 is 21.2 Å². The quantitative estimate of drug-likeness (QED) is 0.533. The molecule has 0 aliphatic heterocycles. The van der Waals surface area contributed by atoms with Gasteiger partial charge < -0.3 is 19.2 Å². The summed E-state index contributed by atoms with van der Waals surface area (Å²) >= 11 is 0. The first-order valence-corrected chi connectivity index (χ1v) is 9.32. The van der Waals surface area contributed by atoms with Crippen molar-refractivity contribution in [2.24, 2.45) is 7.05 Å². The highest BCUT2D eigenvalue weighted by molar-refractivity contribution is 5.94. The summed E-state index contributed by atoms with van der Waals surface area (Å²) in [7, 11) is 3.00. The predicted molar refractivity (Wildman–Crippen MR) is 113 cm³/mol. The summed E-state index contributed by atoms with van der Waals surface area (Å²) in [5, 5.41) is 4.23. The number of fused-ring (bicyclic) bond motifs is 1. The summed E-state index contributed by atoms with van der Waals surface area (Å²) in [5.74, 6) is -1.77. The third kappa shape index (κ3) is 3.89. The van der Waals surface area contributed by atoms with Crippen LogP contribution >= 0.6 is 0 Å². The van der Waals surface area contributed by atoms with Gasteiger partial charge in [0.05, 0.1) is 19.9 Å². The smallest absolute Gasteiger partial charge is 0.316 e. The fraction of sp³-hybridized carbons (Fsp3) is 0.136. The lowest BCUT2D eigenvalue weighted by atomic mass is 10.1. The van der Waals surface area contributed by atoms with E-state index < -0.39 is 17.2 Å². The SMILES string of the molecule is COc1cn(Cc2ccc(F)c(F)c2)c(Nc2cccc3c(=O)n(C)ccc23)nc1=O. The second kappa shape index (κ2) is 8.02. The van der Waals surface area contributed by atoms with Gasteiger partial charge in [-0.25, -0.2) is 8.78 Å². The summed E-state index contributed by atoms with van der Waals surface area (Å²) in [4.78, 5) is 28.7. The first-order valence-electron chi connectivity index (χ1n) is 9.32. The number of benzene rings is 2. The van der Waals surface area contributed by atoms with Crippen LogP contribution in [-0.4, -0.2) is 21.2 Å². The highest BCUT2D eigenvalue weighted by Crippen LogP contribution is 2.24. The number of anilines is 2. The van der Waals surface area contributed by atoms with Crippen LogP contribution in [-0.2, 0) is 13.6 Å². The van der Waals surface area contributed by atoms with Crippen LogP contribution in [0, 0.1) is 11.6 Å². The number of nitrogens with zero attached hydrogens (tertiary/aromatic N) is 3. The molecule has 0 fully saturated rings. The van der Waals surface area contributed by atoms with Crippen molar-refractivity contribution in [3.8, 4) is 5.75 Å². The van der Waals surface area contributed by atoms with Crippen molar-refractivity contribution in [1.82, 2.24) is 14.1 Å². The van der Waals surface area contributed by atoms with Gasteiger partial charge in [-0.1, -0.05) is 12.1 Å². The molecular weight excluding hydrogens is 406 g/mol. The van der Waals surface area contributed by atoms with E-state index in [9.17, 15) is 18.4 Å². The summed E-state index contributed by atoms with van der Waals surface area (Å²) < 4.78 is 35.0. The molecule has 0 saturated carbocycles. The molecule has 0 bridgehead atoms. The molecule has 0 aliphatic rings. The Hall–Kier alpha value is -4.01. The Labute approximate surface area is 175 Å². The number of hydrogen-bond acceptors (Lipinski definition) is 5. The van der Waals surface area contributed by atoms with E-state index in [2.05, 4.69) is 10.3 Å². The minimum Gasteiger partial charge on any atom is -0.490 e. The number of halogens is 2. The van der Waals surface area contributed by atoms with Crippen molar-refractivity contribution in [2.75, 3.05) is 12.4 Å². The molecule has 0 radical (unpaired) electrons. The van der Waals surface area contributed by atoms with Gasteiger partial charge in [0, 0.05) is 29.7 Å². The van der Waals surface area contributed by atoms with Crippen molar-refractivity contribution < 1.29 is 13.5 Å². The molecule has 2 heterocycles. The van der Waals surface area contributed by atoms with E-state index in [1.54, 1.807) is 42.1 Å². The van der Waals surface area contributed by atoms with Crippen LogP contribution in [0.4, 0.5) is 20.4 Å². The van der Waals surface area contributed by atoms with Crippen molar-refractivity contribution in [2.45, 2.75) is 6.54 Å². The van der Waals surface area contributed by atoms with E-state index in [0.29, 0.717) is 22.0 Å². The minimum absolute atomic E-state index is 0.0000717. The molecule has 0 aliphatic carbocycles. The number of nitrogens with one attached hydrogen (secondary N) is 1. The second-order valence-corrected chi connectivity index (χ2v) is 6.94. The Morgan fingerprint density at radius 3 is 2.61 bits per heavy atom. The molecule has 0 spiro atoms. The largest absolute Gasteiger partial charge is 0.490 e. The van der Waals surface area contributed by atoms with Crippen LogP contribution in [0.2, 0.25) is 0 Å². The van der Waals surface area contributed by atoms with E-state index in [0.717, 1.165) is 12.1 Å². The van der Waals surface area contributed by atoms with Crippen molar-refractivity contribution in [3.05, 3.63) is 92.8 Å². The number of hydrogen-bond donors (Lipinski definition) is 1. The van der Waals surface area contributed by atoms with Gasteiger partial charge in [-0.05, 0) is 35.9 Å². The number of ether oxygens (including phenoxy) is 1. The first-order chi connectivity index (χ1) is 14.9. The molecule has 4 rings (SSSR count). The van der Waals surface area contributed by atoms with Gasteiger partial charge in [0.1, 0.15) is 0 Å². The van der Waals surface area contributed by atoms with Crippen LogP contribution in [0.15, 0.2) is 64.4 Å². The Morgan fingerprint density at radius 1 is 1.06 bits per heavy atom. The maximum Gasteiger partial charge on any atom is 0.316 e. The van der Waals surface area contributed by atoms with Crippen LogP contribution in [0.25, 0.3) is 10.8 Å². The zero-order chi connectivity index (χ0) is 22.1. The number of aryl methyl sites for hydroxylation is 1. The van der Waals surface area contributed by atoms with Crippen molar-refractivity contribution in [3.63, 3.8) is 0 Å². The lowest BCUT2D eigenvalue weighted by Gasteiger charge is -2.16. The number of rotatable bonds is 5. The lowest BCUT2D eigenvalue weighted by molar-refractivity contribution is 0.402. The average molecular weight is 424 g/mol. The van der Waals surface area contributed by atoms with E-state index in [1.807, 2.05) is 0 Å². The maximum absolute atomic E-state index is 13.7. The van der Waals surface area contributed by atoms with Crippen molar-refractivity contribution in [1.29, 1.82) is 0 Å². The van der Waals surface area contributed by atoms with Gasteiger partial charge in [0.2, 0.25) is 11.7 Å². The number of pyridine rings is 1. The summed E-state index contributed by atoms with van der Waals surface area (Å²) in [5.41, 5.74) is 0.262. The summed E-state index contributed by atoms with van der Waals surface area (Å²) in [6.45, 7) is 0.0930. The van der Waals surface area contributed by atoms with Crippen LogP contribution in [0.1, 0.15) is 5.56 Å². The normalized spacial score (nSPS) is 11.0. The molecule has 2 aromatic heterocycles. The van der Waals surface area contributed by atoms with E-state index in [1.165, 1.54) is 23.9 Å². The fourth-order valence-electron chi connectivity index (χ4n) is 3.27. The third-order valence-electron chi connectivity index (χ3n) is 4.89. The first kappa shape index (κ1) is 20.3. The number of aromatic nitrogens is 3. The molecule has 2 aromatic carbocycles. The van der Waals surface area contributed by atoms with Gasteiger partial charge in [-0.3, -0.25) is 9.59 Å². The standard InChI is InChI=1S/C22H18F2N4O3/c1-27-9-8-14-15(21(27)30)4-3-5-18(14)25-22-26-20(29)19(31-2)12-28(22)11-13-6-7-16(23)17(24)10-13/h3-10,12H,11H2,1-2H3,(H,25,26,29). The zero-order valence-electron chi connectivity index (χ0n) is 16.7. The topological polar surface area (TPSA) is 78.2 Å². The summed E-state index contributed by atoms with van der Waals surface area (Å²) in [6, 6.07) is 10.5. The summed E-state index contributed by atoms with van der Waals surface area (Å²) in [6.07, 6.45) is 3.08. The lowest BCUT2D eigenvalue weighted by Crippen LogP contribution is -2.19. The van der Waals surface area contributed by atoms with Gasteiger partial charge in [0.15, 0.2) is 11.6 Å². The molecule has 0 saturated heterocycles. The van der Waals surface area contributed by atoms with Gasteiger partial charge >= 0.3 is 5.56 Å². The second-order valence-electron chi connectivity index (χ2n) is 6.94. The van der Waals surface area contributed by atoms with Gasteiger partial charge in [0.25, 0.3) is 5.56 Å². The molecule has 4 aromatic rings. The number of methoxy groups -OCH3 is 1. The van der Waals surface area contributed by atoms with Crippen LogP contribution in [0.5, 0.6) is 5.75 Å². The van der Waals surface area contributed by atoms with Gasteiger partial charge in [-0.15, -0.1) is 0 Å². The molecule has 31 heavy (non-hydrogen) atoms. The van der Waals surface area contributed by atoms with Crippen molar-refractivity contribution >= 4 is 22.4 Å². The molecule has 1 N–H and O–H groups in total. The Morgan fingerprint density at radius 2 is 1.87 bits per heavy atom. The molecule has 7 nitrogen and oxygen atoms in total. The average Bonchev–Trinajstić information content (AvgIpc) is 2.75. The predicted octanol–water partition coefficient (Wildman–Crippen LogP) is 3.17. The zero-order valence-corrected chi connectivity index (χ0v) is 16.7. The van der Waals surface area contributed by atoms with Gasteiger partial charge in [-0.2, -0.15) is 4.98 Å². The minimum atomic E-state index is -0.974.